The molecule has 0 heterocycles. The molecule has 0 radical (unpaired) electrons. The fourth-order valence-corrected chi connectivity index (χ4v) is 3.08. The van der Waals surface area contributed by atoms with E-state index in [9.17, 15) is 14.9 Å². The minimum Gasteiger partial charge on any atom is -0.465 e. The summed E-state index contributed by atoms with van der Waals surface area (Å²) in [6.07, 6.45) is 0.452. The summed E-state index contributed by atoms with van der Waals surface area (Å²) in [5.41, 5.74) is 5.01. The van der Waals surface area contributed by atoms with Gasteiger partial charge in [0.1, 0.15) is 5.54 Å². The molecule has 0 aliphatic rings. The smallest absolute Gasteiger partial charge is 0.325 e. The second-order valence-corrected chi connectivity index (χ2v) is 6.53. The third-order valence-corrected chi connectivity index (χ3v) is 3.95. The predicted octanol–water partition coefficient (Wildman–Crippen LogP) is 2.75. The van der Waals surface area contributed by atoms with Gasteiger partial charge in [-0.2, -0.15) is 0 Å². The Morgan fingerprint density at radius 2 is 2.05 bits per heavy atom. The number of thioether (sulfide) groups is 1. The Hall–Kier alpha value is -1.60. The second-order valence-electron chi connectivity index (χ2n) is 5.02. The number of hydrogen-bond donors (Lipinski definition) is 1. The molecule has 7 heteroatoms. The van der Waals surface area contributed by atoms with E-state index in [0.717, 1.165) is 4.90 Å². The number of nitro benzene ring substituents is 1. The zero-order valence-corrected chi connectivity index (χ0v) is 13.2. The third-order valence-electron chi connectivity index (χ3n) is 2.84. The molecule has 0 aliphatic heterocycles. The highest BCUT2D eigenvalue weighted by Crippen LogP contribution is 2.29. The van der Waals surface area contributed by atoms with E-state index < -0.39 is 16.4 Å². The number of nitrogens with two attached hydrogens (primary N) is 1. The largest absolute Gasteiger partial charge is 0.465 e. The molecule has 0 aromatic heterocycles. The van der Waals surface area contributed by atoms with E-state index in [0.29, 0.717) is 13.0 Å². The molecule has 116 valence electrons. The molecule has 0 amide bonds. The van der Waals surface area contributed by atoms with Crippen LogP contribution in [0, 0.1) is 10.1 Å². The van der Waals surface area contributed by atoms with Gasteiger partial charge in [-0.1, -0.05) is 6.92 Å². The van der Waals surface area contributed by atoms with Gasteiger partial charge in [-0.25, -0.2) is 0 Å². The minimum absolute atomic E-state index is 0.0576. The van der Waals surface area contributed by atoms with Gasteiger partial charge in [0.15, 0.2) is 0 Å². The number of esters is 1. The number of carbonyl (C=O) groups excluding carboxylic acids is 1. The first-order valence-corrected chi connectivity index (χ1v) is 7.51. The summed E-state index contributed by atoms with van der Waals surface area (Å²) in [6.45, 7) is 5.65. The maximum absolute atomic E-state index is 11.7. The van der Waals surface area contributed by atoms with Crippen LogP contribution in [0.2, 0.25) is 0 Å². The van der Waals surface area contributed by atoms with Crippen molar-refractivity contribution < 1.29 is 14.5 Å². The summed E-state index contributed by atoms with van der Waals surface area (Å²) in [5.74, 6) is -0.416. The first-order chi connectivity index (χ1) is 9.76. The standard InChI is InChI=1S/C14H20N2O4S/c1-4-20-13(17)14(3,15)9-10(2)21-12-7-5-11(6-8-12)16(18)19/h5-8,10H,4,9,15H2,1-3H3. The van der Waals surface area contributed by atoms with Crippen molar-refractivity contribution in [3.05, 3.63) is 34.4 Å². The molecule has 0 fully saturated rings. The topological polar surface area (TPSA) is 95.5 Å². The number of benzene rings is 1. The molecule has 6 nitrogen and oxygen atoms in total. The lowest BCUT2D eigenvalue weighted by molar-refractivity contribution is -0.384. The van der Waals surface area contributed by atoms with Crippen molar-refractivity contribution in [2.75, 3.05) is 6.61 Å². The zero-order chi connectivity index (χ0) is 16.0. The molecule has 1 aromatic carbocycles. The summed E-state index contributed by atoms with van der Waals surface area (Å²) >= 11 is 1.52. The van der Waals surface area contributed by atoms with Crippen LogP contribution in [0.4, 0.5) is 5.69 Å². The minimum atomic E-state index is -1.04. The van der Waals surface area contributed by atoms with Crippen LogP contribution in [-0.2, 0) is 9.53 Å². The molecular formula is C14H20N2O4S. The fourth-order valence-electron chi connectivity index (χ4n) is 1.90. The Labute approximate surface area is 128 Å². The Morgan fingerprint density at radius 3 is 2.52 bits per heavy atom. The number of carbonyl (C=O) groups is 1. The van der Waals surface area contributed by atoms with E-state index >= 15 is 0 Å². The molecule has 0 saturated carbocycles. The van der Waals surface area contributed by atoms with Crippen molar-refractivity contribution in [3.63, 3.8) is 0 Å². The highest BCUT2D eigenvalue weighted by atomic mass is 32.2. The molecule has 0 spiro atoms. The van der Waals surface area contributed by atoms with E-state index in [2.05, 4.69) is 0 Å². The van der Waals surface area contributed by atoms with Crippen molar-refractivity contribution in [1.29, 1.82) is 0 Å². The van der Waals surface area contributed by atoms with Crippen LogP contribution in [0.25, 0.3) is 0 Å². The SMILES string of the molecule is CCOC(=O)C(C)(N)CC(C)Sc1ccc([N+](=O)[O-])cc1. The highest BCUT2D eigenvalue weighted by Gasteiger charge is 2.32. The Kier molecular flexibility index (Phi) is 6.17. The lowest BCUT2D eigenvalue weighted by Crippen LogP contribution is -2.47. The van der Waals surface area contributed by atoms with Crippen LogP contribution in [0.15, 0.2) is 29.2 Å². The van der Waals surface area contributed by atoms with Gasteiger partial charge < -0.3 is 10.5 Å². The average molecular weight is 312 g/mol. The molecule has 1 aromatic rings. The van der Waals surface area contributed by atoms with E-state index in [1.165, 1.54) is 23.9 Å². The van der Waals surface area contributed by atoms with Crippen molar-refractivity contribution in [3.8, 4) is 0 Å². The van der Waals surface area contributed by atoms with Gasteiger partial charge in [0.05, 0.1) is 11.5 Å². The number of ether oxygens (including phenoxy) is 1. The van der Waals surface area contributed by atoms with Crippen LogP contribution in [0.5, 0.6) is 0 Å². The van der Waals surface area contributed by atoms with E-state index in [-0.39, 0.29) is 10.9 Å². The second kappa shape index (κ2) is 7.42. The van der Waals surface area contributed by atoms with Gasteiger partial charge in [0.25, 0.3) is 5.69 Å². The summed E-state index contributed by atoms with van der Waals surface area (Å²) in [5, 5.41) is 10.7. The van der Waals surface area contributed by atoms with Crippen molar-refractivity contribution in [2.24, 2.45) is 5.73 Å². The Morgan fingerprint density at radius 1 is 1.48 bits per heavy atom. The van der Waals surface area contributed by atoms with Crippen molar-refractivity contribution in [2.45, 2.75) is 42.9 Å². The monoisotopic (exact) mass is 312 g/mol. The van der Waals surface area contributed by atoms with Gasteiger partial charge >= 0.3 is 5.97 Å². The van der Waals surface area contributed by atoms with Crippen molar-refractivity contribution >= 4 is 23.4 Å². The lowest BCUT2D eigenvalue weighted by atomic mass is 9.98. The van der Waals surface area contributed by atoms with E-state index in [1.54, 1.807) is 26.0 Å². The zero-order valence-electron chi connectivity index (χ0n) is 12.4. The van der Waals surface area contributed by atoms with Gasteiger partial charge in [0, 0.05) is 22.3 Å². The Balaban J connectivity index is 2.62. The highest BCUT2D eigenvalue weighted by molar-refractivity contribution is 7.99. The van der Waals surface area contributed by atoms with Crippen molar-refractivity contribution in [1.82, 2.24) is 0 Å². The maximum atomic E-state index is 11.7. The molecule has 2 atom stereocenters. The van der Waals surface area contributed by atoms with Gasteiger partial charge in [-0.05, 0) is 32.4 Å². The number of nitro groups is 1. The maximum Gasteiger partial charge on any atom is 0.325 e. The van der Waals surface area contributed by atoms with Crippen LogP contribution in [0.3, 0.4) is 0 Å². The molecule has 0 aliphatic carbocycles. The van der Waals surface area contributed by atoms with Gasteiger partial charge in [0.2, 0.25) is 0 Å². The van der Waals surface area contributed by atoms with Gasteiger partial charge in [-0.3, -0.25) is 14.9 Å². The molecule has 1 rings (SSSR count). The number of nitrogens with zero attached hydrogens (tertiary/aromatic N) is 1. The molecule has 0 bridgehead atoms. The van der Waals surface area contributed by atoms with Crippen LogP contribution < -0.4 is 5.73 Å². The summed E-state index contributed by atoms with van der Waals surface area (Å²) < 4.78 is 4.95. The summed E-state index contributed by atoms with van der Waals surface area (Å²) in [7, 11) is 0. The number of rotatable bonds is 7. The van der Waals surface area contributed by atoms with E-state index in [4.69, 9.17) is 10.5 Å². The number of non-ortho nitro benzene ring substituents is 1. The average Bonchev–Trinajstić information content (AvgIpc) is 2.38. The first-order valence-electron chi connectivity index (χ1n) is 6.63. The first kappa shape index (κ1) is 17.5. The lowest BCUT2D eigenvalue weighted by Gasteiger charge is -2.25. The quantitative estimate of drug-likeness (QED) is 0.360. The molecule has 2 unspecified atom stereocenters. The van der Waals surface area contributed by atoms with Crippen LogP contribution in [-0.4, -0.2) is 28.3 Å². The summed E-state index contributed by atoms with van der Waals surface area (Å²) in [4.78, 5) is 22.8. The van der Waals surface area contributed by atoms with Crippen LogP contribution in [0.1, 0.15) is 27.2 Å². The predicted molar refractivity (Wildman–Crippen MR) is 82.3 cm³/mol. The molecule has 0 saturated heterocycles. The molecular weight excluding hydrogens is 292 g/mol. The number of hydrogen-bond acceptors (Lipinski definition) is 6. The summed E-state index contributed by atoms with van der Waals surface area (Å²) in [6, 6.07) is 6.30. The normalized spacial score (nSPS) is 15.0. The molecule has 2 N–H and O–H groups in total. The third kappa shape index (κ3) is 5.35. The van der Waals surface area contributed by atoms with Crippen LogP contribution >= 0.6 is 11.8 Å². The van der Waals surface area contributed by atoms with Gasteiger partial charge in [-0.15, -0.1) is 11.8 Å². The molecule has 21 heavy (non-hydrogen) atoms. The fraction of sp³-hybridized carbons (Fsp3) is 0.500. The van der Waals surface area contributed by atoms with E-state index in [1.807, 2.05) is 6.92 Å². The Bertz CT molecular complexity index is 502.